The van der Waals surface area contributed by atoms with Gasteiger partial charge in [-0.25, -0.2) is 8.78 Å². The van der Waals surface area contributed by atoms with Gasteiger partial charge in [0, 0.05) is 0 Å². The van der Waals surface area contributed by atoms with Gasteiger partial charge in [0.2, 0.25) is 0 Å². The van der Waals surface area contributed by atoms with E-state index in [9.17, 15) is 13.6 Å². The van der Waals surface area contributed by atoms with Crippen molar-refractivity contribution in [1.29, 1.82) is 0 Å². The van der Waals surface area contributed by atoms with Gasteiger partial charge in [-0.3, -0.25) is 4.79 Å². The number of fused-ring (bicyclic) bond motifs is 1. The Hall–Kier alpha value is -2.75. The fourth-order valence-corrected chi connectivity index (χ4v) is 3.07. The normalized spacial score (nSPS) is 15.0. The Morgan fingerprint density at radius 2 is 1.96 bits per heavy atom. The molecule has 1 N–H and O–H groups in total. The summed E-state index contributed by atoms with van der Waals surface area (Å²) in [6.07, 6.45) is 1.73. The molecule has 2 nitrogen and oxygen atoms in total. The molecule has 4 heteroatoms. The van der Waals surface area contributed by atoms with Crippen molar-refractivity contribution in [3.63, 3.8) is 0 Å². The molecule has 0 heterocycles. The monoisotopic (exact) mass is 326 g/mol. The van der Waals surface area contributed by atoms with Crippen molar-refractivity contribution in [2.45, 2.75) is 20.0 Å². The molecule has 0 amide bonds. The van der Waals surface area contributed by atoms with Crippen LogP contribution in [0.1, 0.15) is 35.6 Å². The zero-order valence-electron chi connectivity index (χ0n) is 13.1. The average molecular weight is 326 g/mol. The lowest BCUT2D eigenvalue weighted by atomic mass is 10.00. The third kappa shape index (κ3) is 3.00. The number of carbonyl (C=O) groups is 1. The summed E-state index contributed by atoms with van der Waals surface area (Å²) in [4.78, 5) is 11.2. The number of benzene rings is 2. The van der Waals surface area contributed by atoms with Gasteiger partial charge < -0.3 is 5.11 Å². The second-order valence-corrected chi connectivity index (χ2v) is 5.80. The van der Waals surface area contributed by atoms with Crippen molar-refractivity contribution in [3.8, 4) is 0 Å². The molecule has 0 aromatic heterocycles. The quantitative estimate of drug-likeness (QED) is 0.849. The largest absolute Gasteiger partial charge is 0.481 e. The third-order valence-electron chi connectivity index (χ3n) is 4.20. The minimum Gasteiger partial charge on any atom is -0.481 e. The summed E-state index contributed by atoms with van der Waals surface area (Å²) in [6, 6.07) is 11.5. The van der Waals surface area contributed by atoms with Crippen LogP contribution in [0.4, 0.5) is 8.78 Å². The third-order valence-corrected chi connectivity index (χ3v) is 4.20. The van der Waals surface area contributed by atoms with E-state index in [1.165, 1.54) is 12.1 Å². The van der Waals surface area contributed by atoms with E-state index in [1.807, 2.05) is 19.1 Å². The van der Waals surface area contributed by atoms with Crippen molar-refractivity contribution in [1.82, 2.24) is 0 Å². The van der Waals surface area contributed by atoms with Crippen molar-refractivity contribution >= 4 is 23.2 Å². The maximum absolute atomic E-state index is 13.6. The predicted molar refractivity (Wildman–Crippen MR) is 90.4 cm³/mol. The van der Waals surface area contributed by atoms with Crippen molar-refractivity contribution in [3.05, 3.63) is 76.1 Å². The minimum atomic E-state index is -0.958. The van der Waals surface area contributed by atoms with Gasteiger partial charge in [-0.15, -0.1) is 0 Å². The summed E-state index contributed by atoms with van der Waals surface area (Å²) >= 11 is 0. The molecule has 0 atom stereocenters. The fraction of sp³-hybridized carbons (Fsp3) is 0.150. The first-order valence-electron chi connectivity index (χ1n) is 7.58. The molecule has 1 aliphatic carbocycles. The molecule has 24 heavy (non-hydrogen) atoms. The van der Waals surface area contributed by atoms with E-state index in [0.717, 1.165) is 22.3 Å². The Kier molecular flexibility index (Phi) is 4.30. The highest BCUT2D eigenvalue weighted by molar-refractivity contribution is 6.07. The molecule has 0 fully saturated rings. The molecule has 0 saturated carbocycles. The Morgan fingerprint density at radius 1 is 1.17 bits per heavy atom. The van der Waals surface area contributed by atoms with Crippen molar-refractivity contribution < 1.29 is 18.7 Å². The van der Waals surface area contributed by atoms with E-state index in [4.69, 9.17) is 5.11 Å². The molecule has 0 saturated heterocycles. The summed E-state index contributed by atoms with van der Waals surface area (Å²) in [5.74, 6) is -1.36. The van der Waals surface area contributed by atoms with Crippen LogP contribution in [0.3, 0.4) is 0 Å². The van der Waals surface area contributed by atoms with Crippen molar-refractivity contribution in [2.75, 3.05) is 0 Å². The van der Waals surface area contributed by atoms with E-state index in [0.29, 0.717) is 16.7 Å². The van der Waals surface area contributed by atoms with Crippen LogP contribution < -0.4 is 0 Å². The number of aliphatic carboxylic acids is 1. The van der Waals surface area contributed by atoms with Gasteiger partial charge in [0.1, 0.15) is 12.5 Å². The minimum absolute atomic E-state index is 0.163. The smallest absolute Gasteiger partial charge is 0.307 e. The molecule has 0 unspecified atom stereocenters. The van der Waals surface area contributed by atoms with Gasteiger partial charge in [0.05, 0.1) is 6.42 Å². The summed E-state index contributed by atoms with van der Waals surface area (Å²) < 4.78 is 26.5. The van der Waals surface area contributed by atoms with E-state index in [-0.39, 0.29) is 6.42 Å². The molecule has 3 rings (SSSR count). The summed E-state index contributed by atoms with van der Waals surface area (Å²) in [7, 11) is 0. The second kappa shape index (κ2) is 6.40. The first-order valence-corrected chi connectivity index (χ1v) is 7.58. The van der Waals surface area contributed by atoms with Crippen LogP contribution in [0.15, 0.2) is 48.0 Å². The molecule has 2 aromatic carbocycles. The molecule has 0 bridgehead atoms. The Morgan fingerprint density at radius 3 is 2.67 bits per heavy atom. The number of carboxylic acids is 1. The predicted octanol–water partition coefficient (Wildman–Crippen LogP) is 5.10. The first-order chi connectivity index (χ1) is 11.5. The van der Waals surface area contributed by atoms with Gasteiger partial charge in [-0.2, -0.15) is 0 Å². The SMILES string of the molecule is CC1=C(CC(=O)O)c2cc(F)ccc2/C1=C\c1cccc(CF)c1. The van der Waals surface area contributed by atoms with Gasteiger partial charge in [0.25, 0.3) is 0 Å². The average Bonchev–Trinajstić information content (AvgIpc) is 2.80. The molecule has 0 aliphatic heterocycles. The highest BCUT2D eigenvalue weighted by Gasteiger charge is 2.25. The maximum atomic E-state index is 13.6. The van der Waals surface area contributed by atoms with Crippen LogP contribution in [0, 0.1) is 5.82 Å². The van der Waals surface area contributed by atoms with E-state index < -0.39 is 18.5 Å². The van der Waals surface area contributed by atoms with E-state index in [2.05, 4.69) is 0 Å². The van der Waals surface area contributed by atoms with Crippen LogP contribution in [0.2, 0.25) is 0 Å². The maximum Gasteiger partial charge on any atom is 0.307 e. The lowest BCUT2D eigenvalue weighted by Crippen LogP contribution is -1.97. The van der Waals surface area contributed by atoms with Gasteiger partial charge in [-0.05, 0) is 70.2 Å². The fourth-order valence-electron chi connectivity index (χ4n) is 3.07. The lowest BCUT2D eigenvalue weighted by Gasteiger charge is -2.05. The number of halogens is 2. The summed E-state index contributed by atoms with van der Waals surface area (Å²) in [5, 5.41) is 9.14. The zero-order valence-corrected chi connectivity index (χ0v) is 13.1. The molecular weight excluding hydrogens is 310 g/mol. The van der Waals surface area contributed by atoms with Gasteiger partial charge >= 0.3 is 5.97 Å². The van der Waals surface area contributed by atoms with Gasteiger partial charge in [0.15, 0.2) is 0 Å². The number of carboxylic acid groups (broad SMARTS) is 1. The lowest BCUT2D eigenvalue weighted by molar-refractivity contribution is -0.135. The summed E-state index contributed by atoms with van der Waals surface area (Å²) in [6.45, 7) is 1.29. The number of rotatable bonds is 4. The molecule has 122 valence electrons. The van der Waals surface area contributed by atoms with Gasteiger partial charge in [-0.1, -0.05) is 24.3 Å². The standard InChI is InChI=1S/C20H16F2O2/c1-12-17(8-13-3-2-4-14(7-13)11-21)16-6-5-15(22)9-19(16)18(12)10-20(23)24/h2-9H,10-11H2,1H3,(H,23,24)/b17-8-. The van der Waals surface area contributed by atoms with E-state index in [1.54, 1.807) is 24.3 Å². The number of alkyl halides is 1. The Balaban J connectivity index is 2.15. The van der Waals surface area contributed by atoms with Crippen LogP contribution in [0.25, 0.3) is 17.2 Å². The van der Waals surface area contributed by atoms with Crippen LogP contribution >= 0.6 is 0 Å². The Bertz CT molecular complexity index is 879. The number of allylic oxidation sites excluding steroid dienone is 2. The van der Waals surface area contributed by atoms with Crippen LogP contribution in [-0.4, -0.2) is 11.1 Å². The van der Waals surface area contributed by atoms with Crippen molar-refractivity contribution in [2.24, 2.45) is 0 Å². The highest BCUT2D eigenvalue weighted by atomic mass is 19.1. The number of hydrogen-bond donors (Lipinski definition) is 1. The highest BCUT2D eigenvalue weighted by Crippen LogP contribution is 2.43. The van der Waals surface area contributed by atoms with Crippen LogP contribution in [0.5, 0.6) is 0 Å². The van der Waals surface area contributed by atoms with Crippen LogP contribution in [-0.2, 0) is 11.5 Å². The molecule has 0 spiro atoms. The van der Waals surface area contributed by atoms with E-state index >= 15 is 0 Å². The Labute approximate surface area is 138 Å². The molecule has 0 radical (unpaired) electrons. The zero-order chi connectivity index (χ0) is 17.3. The second-order valence-electron chi connectivity index (χ2n) is 5.80. The molecule has 2 aromatic rings. The number of hydrogen-bond acceptors (Lipinski definition) is 1. The topological polar surface area (TPSA) is 37.3 Å². The molecular formula is C20H16F2O2. The molecule has 1 aliphatic rings. The first kappa shape index (κ1) is 16.1. The summed E-state index contributed by atoms with van der Waals surface area (Å²) in [5.41, 5.74) is 5.09.